The lowest BCUT2D eigenvalue weighted by atomic mass is 9.93. The molecule has 20 heavy (non-hydrogen) atoms. The first kappa shape index (κ1) is 14.9. The Morgan fingerprint density at radius 1 is 1.35 bits per heavy atom. The van der Waals surface area contributed by atoms with Crippen molar-refractivity contribution in [3.63, 3.8) is 0 Å². The molecule has 1 aromatic carbocycles. The molecule has 0 saturated heterocycles. The van der Waals surface area contributed by atoms with Gasteiger partial charge in [-0.15, -0.1) is 0 Å². The highest BCUT2D eigenvalue weighted by molar-refractivity contribution is 5.87. The van der Waals surface area contributed by atoms with Gasteiger partial charge in [0.2, 0.25) is 0 Å². The molecule has 2 atom stereocenters. The predicted molar refractivity (Wildman–Crippen MR) is 78.0 cm³/mol. The van der Waals surface area contributed by atoms with Crippen molar-refractivity contribution in [2.45, 2.75) is 18.8 Å². The average molecular weight is 277 g/mol. The Hall–Kier alpha value is -1.55. The number of ether oxygens (including phenoxy) is 2. The maximum atomic E-state index is 12.4. The van der Waals surface area contributed by atoms with Crippen LogP contribution in [0.1, 0.15) is 18.9 Å². The van der Waals surface area contributed by atoms with Crippen LogP contribution in [0.5, 0.6) is 5.75 Å². The summed E-state index contributed by atoms with van der Waals surface area (Å²) in [6.45, 7) is 3.17. The van der Waals surface area contributed by atoms with Crippen LogP contribution in [-0.4, -0.2) is 45.2 Å². The number of nitrogens with zero attached hydrogens (tertiary/aromatic N) is 1. The van der Waals surface area contributed by atoms with Crippen molar-refractivity contribution in [2.75, 3.05) is 34.4 Å². The minimum absolute atomic E-state index is 0.1000. The molecule has 1 aliphatic rings. The average Bonchev–Trinajstić information content (AvgIpc) is 3.13. The van der Waals surface area contributed by atoms with Crippen LogP contribution in [0.3, 0.4) is 0 Å². The largest absolute Gasteiger partial charge is 0.497 e. The molecule has 0 bridgehead atoms. The fourth-order valence-electron chi connectivity index (χ4n) is 2.86. The maximum Gasteiger partial charge on any atom is 0.316 e. The quantitative estimate of drug-likeness (QED) is 0.746. The van der Waals surface area contributed by atoms with E-state index in [1.54, 1.807) is 7.11 Å². The summed E-state index contributed by atoms with van der Waals surface area (Å²) in [5, 5.41) is 0. The SMILES string of the molecule is CCOC(=O)[C@]1(c2ccc(OC)cc2)C[C@@H]1CN(C)C. The Kier molecular flexibility index (Phi) is 4.33. The summed E-state index contributed by atoms with van der Waals surface area (Å²) in [4.78, 5) is 14.5. The van der Waals surface area contributed by atoms with Gasteiger partial charge in [0, 0.05) is 6.54 Å². The molecular formula is C16H23NO3. The Morgan fingerprint density at radius 2 is 2.00 bits per heavy atom. The fourth-order valence-corrected chi connectivity index (χ4v) is 2.86. The summed E-state index contributed by atoms with van der Waals surface area (Å²) < 4.78 is 10.5. The normalized spacial score (nSPS) is 24.6. The zero-order chi connectivity index (χ0) is 14.8. The van der Waals surface area contributed by atoms with Crippen LogP contribution in [0.15, 0.2) is 24.3 Å². The van der Waals surface area contributed by atoms with Gasteiger partial charge in [-0.25, -0.2) is 0 Å². The summed E-state index contributed by atoms with van der Waals surface area (Å²) in [5.74, 6) is 1.03. The van der Waals surface area contributed by atoms with E-state index in [1.807, 2.05) is 45.3 Å². The van der Waals surface area contributed by atoms with E-state index in [4.69, 9.17) is 9.47 Å². The molecular weight excluding hydrogens is 254 g/mol. The zero-order valence-electron chi connectivity index (χ0n) is 12.7. The molecule has 0 unspecified atom stereocenters. The van der Waals surface area contributed by atoms with Crippen molar-refractivity contribution in [1.29, 1.82) is 0 Å². The molecule has 0 radical (unpaired) electrons. The topological polar surface area (TPSA) is 38.8 Å². The van der Waals surface area contributed by atoms with E-state index in [-0.39, 0.29) is 5.97 Å². The number of hydrogen-bond donors (Lipinski definition) is 0. The van der Waals surface area contributed by atoms with Crippen LogP contribution in [0.2, 0.25) is 0 Å². The Balaban J connectivity index is 2.25. The molecule has 0 heterocycles. The van der Waals surface area contributed by atoms with E-state index in [2.05, 4.69) is 4.90 Å². The van der Waals surface area contributed by atoms with Gasteiger partial charge >= 0.3 is 5.97 Å². The lowest BCUT2D eigenvalue weighted by molar-refractivity contribution is -0.146. The van der Waals surface area contributed by atoms with Crippen molar-refractivity contribution in [3.05, 3.63) is 29.8 Å². The van der Waals surface area contributed by atoms with Crippen LogP contribution < -0.4 is 4.74 Å². The summed E-state index contributed by atoms with van der Waals surface area (Å²) >= 11 is 0. The van der Waals surface area contributed by atoms with Crippen molar-refractivity contribution in [2.24, 2.45) is 5.92 Å². The highest BCUT2D eigenvalue weighted by Crippen LogP contribution is 2.55. The molecule has 2 rings (SSSR count). The Bertz CT molecular complexity index is 469. The van der Waals surface area contributed by atoms with Crippen molar-refractivity contribution < 1.29 is 14.3 Å². The highest BCUT2D eigenvalue weighted by Gasteiger charge is 2.62. The second kappa shape index (κ2) is 5.83. The standard InChI is InChI=1S/C16H23NO3/c1-5-20-15(18)16(10-13(16)11-17(2)3)12-6-8-14(19-4)9-7-12/h6-9,13H,5,10-11H2,1-4H3/t13-,16+/m1/s1. The minimum atomic E-state index is -0.466. The first-order valence-corrected chi connectivity index (χ1v) is 7.01. The fraction of sp³-hybridized carbons (Fsp3) is 0.562. The van der Waals surface area contributed by atoms with Gasteiger partial charge in [0.25, 0.3) is 0 Å². The van der Waals surface area contributed by atoms with Gasteiger partial charge in [-0.3, -0.25) is 4.79 Å². The molecule has 4 heteroatoms. The number of methoxy groups -OCH3 is 1. The first-order chi connectivity index (χ1) is 9.54. The van der Waals surface area contributed by atoms with Gasteiger partial charge in [-0.2, -0.15) is 0 Å². The van der Waals surface area contributed by atoms with Crippen LogP contribution in [-0.2, 0) is 14.9 Å². The molecule has 0 spiro atoms. The van der Waals surface area contributed by atoms with E-state index < -0.39 is 5.41 Å². The molecule has 1 saturated carbocycles. The first-order valence-electron chi connectivity index (χ1n) is 7.01. The summed E-state index contributed by atoms with van der Waals surface area (Å²) in [6.07, 6.45) is 0.857. The monoisotopic (exact) mass is 277 g/mol. The third-order valence-corrected chi connectivity index (χ3v) is 3.94. The zero-order valence-corrected chi connectivity index (χ0v) is 12.7. The third kappa shape index (κ3) is 2.66. The molecule has 4 nitrogen and oxygen atoms in total. The van der Waals surface area contributed by atoms with Crippen molar-refractivity contribution in [3.8, 4) is 5.75 Å². The van der Waals surface area contributed by atoms with Crippen molar-refractivity contribution >= 4 is 5.97 Å². The second-order valence-corrected chi connectivity index (χ2v) is 5.58. The molecule has 0 amide bonds. The predicted octanol–water partition coefficient (Wildman–Crippen LogP) is 2.08. The number of carbonyl (C=O) groups is 1. The number of rotatable bonds is 6. The van der Waals surface area contributed by atoms with Gasteiger partial charge in [-0.1, -0.05) is 12.1 Å². The summed E-state index contributed by atoms with van der Waals surface area (Å²) in [7, 11) is 5.70. The Morgan fingerprint density at radius 3 is 2.50 bits per heavy atom. The molecule has 0 aromatic heterocycles. The molecule has 110 valence electrons. The maximum absolute atomic E-state index is 12.4. The van der Waals surface area contributed by atoms with Crippen molar-refractivity contribution in [1.82, 2.24) is 4.90 Å². The molecule has 1 aromatic rings. The number of benzene rings is 1. The van der Waals surface area contributed by atoms with Gasteiger partial charge in [0.05, 0.1) is 19.1 Å². The summed E-state index contributed by atoms with van der Waals surface area (Å²) in [5.41, 5.74) is 0.565. The summed E-state index contributed by atoms with van der Waals surface area (Å²) in [6, 6.07) is 7.76. The van der Waals surface area contributed by atoms with E-state index in [1.165, 1.54) is 0 Å². The van der Waals surface area contributed by atoms with E-state index in [0.717, 1.165) is 24.3 Å². The van der Waals surface area contributed by atoms with Crippen LogP contribution in [0, 0.1) is 5.92 Å². The van der Waals surface area contributed by atoms with Gasteiger partial charge in [-0.05, 0) is 51.1 Å². The van der Waals surface area contributed by atoms with E-state index in [9.17, 15) is 4.79 Å². The molecule has 0 N–H and O–H groups in total. The van der Waals surface area contributed by atoms with Crippen LogP contribution >= 0.6 is 0 Å². The number of hydrogen-bond acceptors (Lipinski definition) is 4. The lowest BCUT2D eigenvalue weighted by Crippen LogP contribution is -2.29. The Labute approximate surface area is 120 Å². The van der Waals surface area contributed by atoms with E-state index >= 15 is 0 Å². The minimum Gasteiger partial charge on any atom is -0.497 e. The second-order valence-electron chi connectivity index (χ2n) is 5.58. The lowest BCUT2D eigenvalue weighted by Gasteiger charge is -2.18. The number of carbonyl (C=O) groups excluding carboxylic acids is 1. The molecule has 0 aliphatic heterocycles. The number of esters is 1. The van der Waals surface area contributed by atoms with Gasteiger partial charge in [0.15, 0.2) is 0 Å². The van der Waals surface area contributed by atoms with Gasteiger partial charge < -0.3 is 14.4 Å². The highest BCUT2D eigenvalue weighted by atomic mass is 16.5. The van der Waals surface area contributed by atoms with Crippen LogP contribution in [0.25, 0.3) is 0 Å². The molecule has 1 aliphatic carbocycles. The smallest absolute Gasteiger partial charge is 0.316 e. The van der Waals surface area contributed by atoms with Gasteiger partial charge in [0.1, 0.15) is 5.75 Å². The van der Waals surface area contributed by atoms with Crippen LogP contribution in [0.4, 0.5) is 0 Å². The van der Waals surface area contributed by atoms with E-state index in [0.29, 0.717) is 12.5 Å². The molecule has 1 fully saturated rings. The third-order valence-electron chi connectivity index (χ3n) is 3.94.